The molecule has 0 radical (unpaired) electrons. The Hall–Kier alpha value is -4.62. The fourth-order valence-electron chi connectivity index (χ4n) is 6.12. The van der Waals surface area contributed by atoms with Crippen molar-refractivity contribution in [1.29, 1.82) is 0 Å². The number of fused-ring (bicyclic) bond motifs is 1. The number of unbranched alkanes of at least 4 members (excludes halogenated alkanes) is 1. The Morgan fingerprint density at radius 2 is 1.49 bits per heavy atom. The zero-order chi connectivity index (χ0) is 32.8. The van der Waals surface area contributed by atoms with E-state index in [1.165, 1.54) is 25.3 Å². The van der Waals surface area contributed by atoms with Crippen molar-refractivity contribution in [2.24, 2.45) is 0 Å². The summed E-state index contributed by atoms with van der Waals surface area (Å²) in [6.07, 6.45) is 5.70. The highest BCUT2D eigenvalue weighted by Crippen LogP contribution is 2.37. The number of benzene rings is 4. The monoisotopic (exact) mass is 635 g/mol. The van der Waals surface area contributed by atoms with Crippen molar-refractivity contribution in [2.75, 3.05) is 33.9 Å². The number of methoxy groups -OCH3 is 2. The van der Waals surface area contributed by atoms with E-state index in [1.807, 2.05) is 18.2 Å². The number of carbonyl (C=O) groups excluding carboxylic acids is 2. The van der Waals surface area contributed by atoms with E-state index in [2.05, 4.69) is 71.6 Å². The van der Waals surface area contributed by atoms with E-state index < -0.39 is 0 Å². The van der Waals surface area contributed by atoms with Crippen LogP contribution in [-0.4, -0.2) is 50.8 Å². The van der Waals surface area contributed by atoms with E-state index >= 15 is 0 Å². The maximum Gasteiger partial charge on any atom is 0.337 e. The van der Waals surface area contributed by atoms with Gasteiger partial charge in [0.1, 0.15) is 18.1 Å². The van der Waals surface area contributed by atoms with Crippen molar-refractivity contribution in [1.82, 2.24) is 4.90 Å². The molecule has 1 aliphatic rings. The van der Waals surface area contributed by atoms with Crippen LogP contribution in [0.5, 0.6) is 11.5 Å². The summed E-state index contributed by atoms with van der Waals surface area (Å²) in [7, 11) is 2.81. The van der Waals surface area contributed by atoms with Crippen molar-refractivity contribution in [3.8, 4) is 11.5 Å². The molecule has 246 valence electrons. The van der Waals surface area contributed by atoms with Crippen molar-refractivity contribution in [2.45, 2.75) is 57.6 Å². The Kier molecular flexibility index (Phi) is 12.4. The molecule has 1 heterocycles. The molecule has 0 aromatic heterocycles. The average molecular weight is 636 g/mol. The van der Waals surface area contributed by atoms with Crippen LogP contribution in [0, 0.1) is 0 Å². The van der Waals surface area contributed by atoms with E-state index in [9.17, 15) is 9.59 Å². The van der Waals surface area contributed by atoms with Gasteiger partial charge >= 0.3 is 11.9 Å². The third-order valence-electron chi connectivity index (χ3n) is 8.79. The first-order chi connectivity index (χ1) is 23.0. The first-order valence-electron chi connectivity index (χ1n) is 16.5. The molecule has 0 fully saturated rings. The highest BCUT2D eigenvalue weighted by molar-refractivity contribution is 5.90. The predicted molar refractivity (Wildman–Crippen MR) is 183 cm³/mol. The van der Waals surface area contributed by atoms with E-state index in [4.69, 9.17) is 18.9 Å². The second-order valence-electron chi connectivity index (χ2n) is 11.9. The fraction of sp³-hybridized carbons (Fsp3) is 0.350. The van der Waals surface area contributed by atoms with Gasteiger partial charge < -0.3 is 18.9 Å². The van der Waals surface area contributed by atoms with Crippen LogP contribution in [0.3, 0.4) is 0 Å². The molecule has 4 aromatic rings. The molecule has 0 aliphatic carbocycles. The number of hydrogen-bond acceptors (Lipinski definition) is 7. The number of rotatable bonds is 16. The van der Waals surface area contributed by atoms with E-state index in [0.29, 0.717) is 25.2 Å². The lowest BCUT2D eigenvalue weighted by Crippen LogP contribution is -2.35. The minimum Gasteiger partial charge on any atom is -0.493 e. The number of carbonyl (C=O) groups is 2. The van der Waals surface area contributed by atoms with Gasteiger partial charge in [0.15, 0.2) is 0 Å². The fourth-order valence-corrected chi connectivity index (χ4v) is 6.12. The van der Waals surface area contributed by atoms with Gasteiger partial charge in [-0.3, -0.25) is 9.69 Å². The average Bonchev–Trinajstić information content (AvgIpc) is 3.13. The molecule has 1 unspecified atom stereocenters. The zero-order valence-electron chi connectivity index (χ0n) is 27.5. The molecular formula is C40H45NO6. The molecule has 7 nitrogen and oxygen atoms in total. The summed E-state index contributed by atoms with van der Waals surface area (Å²) in [5.41, 5.74) is 6.50. The molecule has 0 N–H and O–H groups in total. The third kappa shape index (κ3) is 9.69. The van der Waals surface area contributed by atoms with Crippen molar-refractivity contribution in [3.05, 3.63) is 130 Å². The molecule has 1 atom stereocenters. The maximum atomic E-state index is 12.2. The van der Waals surface area contributed by atoms with Crippen LogP contribution in [0.25, 0.3) is 0 Å². The minimum absolute atomic E-state index is 0.122. The predicted octanol–water partition coefficient (Wildman–Crippen LogP) is 7.55. The van der Waals surface area contributed by atoms with Gasteiger partial charge in [0.05, 0.1) is 26.4 Å². The van der Waals surface area contributed by atoms with Crippen LogP contribution >= 0.6 is 0 Å². The van der Waals surface area contributed by atoms with Gasteiger partial charge in [-0.25, -0.2) is 4.79 Å². The van der Waals surface area contributed by atoms with E-state index in [-0.39, 0.29) is 18.0 Å². The molecule has 5 rings (SSSR count). The van der Waals surface area contributed by atoms with Crippen molar-refractivity contribution >= 4 is 11.9 Å². The summed E-state index contributed by atoms with van der Waals surface area (Å²) in [4.78, 5) is 26.4. The Balaban J connectivity index is 1.23. The maximum absolute atomic E-state index is 12.2. The van der Waals surface area contributed by atoms with E-state index in [1.54, 1.807) is 12.1 Å². The summed E-state index contributed by atoms with van der Waals surface area (Å²) < 4.78 is 22.1. The smallest absolute Gasteiger partial charge is 0.337 e. The lowest BCUT2D eigenvalue weighted by atomic mass is 9.96. The van der Waals surface area contributed by atoms with Crippen LogP contribution in [0.15, 0.2) is 97.1 Å². The summed E-state index contributed by atoms with van der Waals surface area (Å²) >= 11 is 0. The topological polar surface area (TPSA) is 74.3 Å². The van der Waals surface area contributed by atoms with Gasteiger partial charge in [-0.05, 0) is 79.1 Å². The molecule has 0 saturated heterocycles. The largest absolute Gasteiger partial charge is 0.493 e. The molecule has 0 saturated carbocycles. The Morgan fingerprint density at radius 1 is 0.766 bits per heavy atom. The molecule has 0 spiro atoms. The summed E-state index contributed by atoms with van der Waals surface area (Å²) in [5.74, 6) is 1.05. The van der Waals surface area contributed by atoms with Crippen LogP contribution in [0.2, 0.25) is 0 Å². The summed E-state index contributed by atoms with van der Waals surface area (Å²) in [6, 6.07) is 33.2. The normalized spacial score (nSPS) is 13.8. The van der Waals surface area contributed by atoms with Gasteiger partial charge in [-0.2, -0.15) is 0 Å². The SMILES string of the molecule is COC(=O)CCCCN(CCc1ccccc1OCc1ccc(CCc2ccccc2)cc1)C1CCOc2cc(C(=O)OC)ccc21. The standard InChI is InChI=1S/C40H45NO6/c1-44-39(42)14-8-9-25-41(36-24-27-46-38-28-34(40(43)45-2)21-22-35(36)38)26-23-33-12-6-7-13-37(33)47-29-32-19-17-31(18-20-32)16-15-30-10-4-3-5-11-30/h3-7,10-13,17-22,28,36H,8-9,14-16,23-27,29H2,1-2H3. The molecular weight excluding hydrogens is 590 g/mol. The Morgan fingerprint density at radius 3 is 2.26 bits per heavy atom. The number of nitrogens with zero attached hydrogens (tertiary/aromatic N) is 1. The molecule has 4 aromatic carbocycles. The first kappa shape index (κ1) is 33.7. The van der Waals surface area contributed by atoms with Crippen molar-refractivity contribution in [3.63, 3.8) is 0 Å². The molecule has 47 heavy (non-hydrogen) atoms. The minimum atomic E-state index is -0.381. The quantitative estimate of drug-likeness (QED) is 0.0930. The van der Waals surface area contributed by atoms with Crippen molar-refractivity contribution < 1.29 is 28.5 Å². The lowest BCUT2D eigenvalue weighted by Gasteiger charge is -2.36. The summed E-state index contributed by atoms with van der Waals surface area (Å²) in [6.45, 7) is 2.69. The number of aryl methyl sites for hydroxylation is 2. The number of hydrogen-bond donors (Lipinski definition) is 0. The van der Waals surface area contributed by atoms with E-state index in [0.717, 1.165) is 79.8 Å². The molecule has 7 heteroatoms. The molecule has 0 amide bonds. The van der Waals surface area contributed by atoms with Gasteiger partial charge in [0, 0.05) is 31.0 Å². The van der Waals surface area contributed by atoms with Gasteiger partial charge in [0.25, 0.3) is 0 Å². The number of para-hydroxylation sites is 1. The van der Waals surface area contributed by atoms with Gasteiger partial charge in [0.2, 0.25) is 0 Å². The van der Waals surface area contributed by atoms with Crippen LogP contribution in [0.4, 0.5) is 0 Å². The zero-order valence-corrected chi connectivity index (χ0v) is 27.5. The van der Waals surface area contributed by atoms with Crippen LogP contribution in [-0.2, 0) is 40.1 Å². The second-order valence-corrected chi connectivity index (χ2v) is 11.9. The Labute approximate surface area is 278 Å². The number of esters is 2. The highest BCUT2D eigenvalue weighted by Gasteiger charge is 2.28. The molecule has 0 bridgehead atoms. The first-order valence-corrected chi connectivity index (χ1v) is 16.5. The third-order valence-corrected chi connectivity index (χ3v) is 8.79. The van der Waals surface area contributed by atoms with Crippen LogP contribution < -0.4 is 9.47 Å². The summed E-state index contributed by atoms with van der Waals surface area (Å²) in [5, 5.41) is 0. The lowest BCUT2D eigenvalue weighted by molar-refractivity contribution is -0.140. The van der Waals surface area contributed by atoms with Gasteiger partial charge in [-0.1, -0.05) is 78.9 Å². The second kappa shape index (κ2) is 17.3. The number of ether oxygens (including phenoxy) is 4. The molecule has 1 aliphatic heterocycles. The van der Waals surface area contributed by atoms with Gasteiger partial charge in [-0.15, -0.1) is 0 Å². The van der Waals surface area contributed by atoms with Crippen LogP contribution in [0.1, 0.15) is 69.9 Å². The highest BCUT2D eigenvalue weighted by atomic mass is 16.5. The Bertz CT molecular complexity index is 1590.